The summed E-state index contributed by atoms with van der Waals surface area (Å²) in [7, 11) is 1.64. The molecular formula is C12H22F3NOS. The van der Waals surface area contributed by atoms with Crippen molar-refractivity contribution in [1.82, 2.24) is 5.32 Å². The smallest absolute Gasteiger partial charge is 0.383 e. The van der Waals surface area contributed by atoms with E-state index in [0.29, 0.717) is 18.9 Å². The molecule has 1 saturated carbocycles. The molecule has 1 fully saturated rings. The summed E-state index contributed by atoms with van der Waals surface area (Å²) in [5.74, 6) is 0.740. The zero-order valence-electron chi connectivity index (χ0n) is 11.0. The van der Waals surface area contributed by atoms with Gasteiger partial charge in [0.1, 0.15) is 0 Å². The Balaban J connectivity index is 2.28. The molecule has 0 amide bonds. The quantitative estimate of drug-likeness (QED) is 0.657. The number of thioether (sulfide) groups is 1. The average Bonchev–Trinajstić information content (AvgIpc) is 3.06. The first-order chi connectivity index (χ1) is 8.37. The molecule has 1 rings (SSSR count). The Morgan fingerprint density at radius 2 is 2.00 bits per heavy atom. The number of rotatable bonds is 9. The lowest BCUT2D eigenvalue weighted by Crippen LogP contribution is -2.36. The zero-order valence-corrected chi connectivity index (χ0v) is 11.8. The lowest BCUT2D eigenvalue weighted by molar-refractivity contribution is -0.0329. The van der Waals surface area contributed by atoms with Gasteiger partial charge in [-0.05, 0) is 30.6 Å². The van der Waals surface area contributed by atoms with Crippen LogP contribution in [0.5, 0.6) is 0 Å². The Morgan fingerprint density at radius 3 is 2.50 bits per heavy atom. The van der Waals surface area contributed by atoms with E-state index in [1.54, 1.807) is 7.11 Å². The molecule has 1 N–H and O–H groups in total. The molecule has 0 aromatic rings. The van der Waals surface area contributed by atoms with E-state index < -0.39 is 5.51 Å². The highest BCUT2D eigenvalue weighted by Gasteiger charge is 2.41. The molecule has 0 saturated heterocycles. The second-order valence-electron chi connectivity index (χ2n) is 5.14. The maximum atomic E-state index is 12.1. The Bertz CT molecular complexity index is 246. The lowest BCUT2D eigenvalue weighted by atomic mass is 9.82. The summed E-state index contributed by atoms with van der Waals surface area (Å²) in [5.41, 5.74) is -4.11. The SMILES string of the molecule is COCCNCC(C)(CCSC(F)(F)F)C1CC1. The van der Waals surface area contributed by atoms with E-state index in [2.05, 4.69) is 12.2 Å². The maximum absolute atomic E-state index is 12.1. The van der Waals surface area contributed by atoms with E-state index in [-0.39, 0.29) is 22.9 Å². The van der Waals surface area contributed by atoms with Crippen LogP contribution in [0.15, 0.2) is 0 Å². The van der Waals surface area contributed by atoms with E-state index in [9.17, 15) is 13.2 Å². The molecule has 108 valence electrons. The van der Waals surface area contributed by atoms with Crippen molar-refractivity contribution in [3.05, 3.63) is 0 Å². The van der Waals surface area contributed by atoms with Crippen molar-refractivity contribution >= 4 is 11.8 Å². The number of alkyl halides is 3. The molecule has 0 bridgehead atoms. The zero-order chi connectivity index (χ0) is 13.6. The predicted octanol–water partition coefficient (Wildman–Crippen LogP) is 3.28. The first-order valence-electron chi connectivity index (χ1n) is 6.28. The van der Waals surface area contributed by atoms with Gasteiger partial charge in [-0.2, -0.15) is 13.2 Å². The summed E-state index contributed by atoms with van der Waals surface area (Å²) < 4.78 is 41.3. The van der Waals surface area contributed by atoms with Gasteiger partial charge in [0.2, 0.25) is 0 Å². The third-order valence-corrected chi connectivity index (χ3v) is 4.25. The van der Waals surface area contributed by atoms with E-state index in [4.69, 9.17) is 4.74 Å². The molecule has 0 aliphatic heterocycles. The number of methoxy groups -OCH3 is 1. The van der Waals surface area contributed by atoms with Crippen LogP contribution in [0.25, 0.3) is 0 Å². The Labute approximate surface area is 111 Å². The highest BCUT2D eigenvalue weighted by molar-refractivity contribution is 8.00. The van der Waals surface area contributed by atoms with Crippen LogP contribution in [0.2, 0.25) is 0 Å². The third-order valence-electron chi connectivity index (χ3n) is 3.51. The summed E-state index contributed by atoms with van der Waals surface area (Å²) in [5, 5.41) is 3.28. The molecule has 1 aliphatic carbocycles. The minimum absolute atomic E-state index is 0.00795. The van der Waals surface area contributed by atoms with Crippen molar-refractivity contribution < 1.29 is 17.9 Å². The van der Waals surface area contributed by atoms with Crippen LogP contribution < -0.4 is 5.32 Å². The van der Waals surface area contributed by atoms with Gasteiger partial charge in [0.25, 0.3) is 0 Å². The fourth-order valence-electron chi connectivity index (χ4n) is 2.17. The van der Waals surface area contributed by atoms with Gasteiger partial charge >= 0.3 is 5.51 Å². The lowest BCUT2D eigenvalue weighted by Gasteiger charge is -2.30. The van der Waals surface area contributed by atoms with Gasteiger partial charge in [-0.1, -0.05) is 18.7 Å². The van der Waals surface area contributed by atoms with Crippen LogP contribution in [0.3, 0.4) is 0 Å². The van der Waals surface area contributed by atoms with Gasteiger partial charge < -0.3 is 10.1 Å². The van der Waals surface area contributed by atoms with E-state index in [1.807, 2.05) is 0 Å². The molecule has 1 unspecified atom stereocenters. The van der Waals surface area contributed by atoms with Crippen molar-refractivity contribution in [2.75, 3.05) is 32.6 Å². The van der Waals surface area contributed by atoms with Gasteiger partial charge in [-0.15, -0.1) is 0 Å². The normalized spacial score (nSPS) is 19.8. The number of nitrogens with one attached hydrogen (secondary N) is 1. The summed E-state index contributed by atoms with van der Waals surface area (Å²) in [6.45, 7) is 4.27. The van der Waals surface area contributed by atoms with Gasteiger partial charge in [0.05, 0.1) is 6.61 Å². The summed E-state index contributed by atoms with van der Waals surface area (Å²) in [4.78, 5) is 0. The summed E-state index contributed by atoms with van der Waals surface area (Å²) in [6.07, 6.45) is 2.92. The standard InChI is InChI=1S/C12H22F3NOS/c1-11(10-3-4-10,9-16-6-7-17-2)5-8-18-12(13,14)15/h10,16H,3-9H2,1-2H3. The minimum atomic E-state index is -4.10. The van der Waals surface area contributed by atoms with Crippen molar-refractivity contribution in [3.63, 3.8) is 0 Å². The molecule has 0 aromatic carbocycles. The number of halogens is 3. The molecule has 18 heavy (non-hydrogen) atoms. The first kappa shape index (κ1) is 16.1. The maximum Gasteiger partial charge on any atom is 0.441 e. The van der Waals surface area contributed by atoms with Crippen LogP contribution in [0.1, 0.15) is 26.2 Å². The topological polar surface area (TPSA) is 21.3 Å². The molecule has 6 heteroatoms. The summed E-state index contributed by atoms with van der Waals surface area (Å²) in [6, 6.07) is 0. The minimum Gasteiger partial charge on any atom is -0.383 e. The second-order valence-corrected chi connectivity index (χ2v) is 6.30. The van der Waals surface area contributed by atoms with Crippen molar-refractivity contribution in [2.45, 2.75) is 31.7 Å². The van der Waals surface area contributed by atoms with Gasteiger partial charge in [0.15, 0.2) is 0 Å². The van der Waals surface area contributed by atoms with Crippen LogP contribution >= 0.6 is 11.8 Å². The number of hydrogen-bond acceptors (Lipinski definition) is 3. The Kier molecular flexibility index (Phi) is 6.27. The average molecular weight is 285 g/mol. The monoisotopic (exact) mass is 285 g/mol. The molecule has 0 heterocycles. The van der Waals surface area contributed by atoms with Gasteiger partial charge in [-0.3, -0.25) is 0 Å². The molecule has 0 spiro atoms. The van der Waals surface area contributed by atoms with Crippen LogP contribution in [-0.4, -0.2) is 38.1 Å². The molecule has 0 aromatic heterocycles. The summed E-state index contributed by atoms with van der Waals surface area (Å²) >= 11 is 0.0969. The van der Waals surface area contributed by atoms with Gasteiger partial charge in [-0.25, -0.2) is 0 Å². The Morgan fingerprint density at radius 1 is 1.33 bits per heavy atom. The van der Waals surface area contributed by atoms with E-state index in [0.717, 1.165) is 25.9 Å². The molecule has 0 radical (unpaired) electrons. The largest absolute Gasteiger partial charge is 0.441 e. The van der Waals surface area contributed by atoms with Crippen LogP contribution in [0.4, 0.5) is 13.2 Å². The van der Waals surface area contributed by atoms with Crippen LogP contribution in [0, 0.1) is 11.3 Å². The van der Waals surface area contributed by atoms with E-state index >= 15 is 0 Å². The number of hydrogen-bond donors (Lipinski definition) is 1. The third kappa shape index (κ3) is 6.29. The van der Waals surface area contributed by atoms with Crippen molar-refractivity contribution in [1.29, 1.82) is 0 Å². The highest BCUT2D eigenvalue weighted by Crippen LogP contribution is 2.48. The number of ether oxygens (including phenoxy) is 1. The van der Waals surface area contributed by atoms with Crippen molar-refractivity contribution in [2.24, 2.45) is 11.3 Å². The molecule has 1 atom stereocenters. The predicted molar refractivity (Wildman–Crippen MR) is 68.7 cm³/mol. The van der Waals surface area contributed by atoms with Gasteiger partial charge in [0, 0.05) is 26.0 Å². The van der Waals surface area contributed by atoms with Crippen molar-refractivity contribution in [3.8, 4) is 0 Å². The first-order valence-corrected chi connectivity index (χ1v) is 7.26. The second kappa shape index (κ2) is 7.01. The molecule has 2 nitrogen and oxygen atoms in total. The molecule has 1 aliphatic rings. The fourth-order valence-corrected chi connectivity index (χ4v) is 2.97. The van der Waals surface area contributed by atoms with Crippen LogP contribution in [-0.2, 0) is 4.74 Å². The molecular weight excluding hydrogens is 263 g/mol. The van der Waals surface area contributed by atoms with E-state index in [1.165, 1.54) is 0 Å². The fraction of sp³-hybridized carbons (Fsp3) is 1.00. The highest BCUT2D eigenvalue weighted by atomic mass is 32.2. The Hall–Kier alpha value is 0.0600.